The first-order valence-corrected chi connectivity index (χ1v) is 10.8. The van der Waals surface area contributed by atoms with Crippen LogP contribution in [0.25, 0.3) is 0 Å². The van der Waals surface area contributed by atoms with Gasteiger partial charge in [-0.2, -0.15) is 0 Å². The molecule has 2 N–H and O–H groups in total. The van der Waals surface area contributed by atoms with Gasteiger partial charge in [0, 0.05) is 12.8 Å². The number of Topliss-reactive ketones (excluding diaryl/α,β-unsaturated/α-hetero) is 1. The largest absolute Gasteiger partial charge is 0.306 e. The number of hydrogen-bond acceptors (Lipinski definition) is 3. The molecule has 2 atom stereocenters. The first kappa shape index (κ1) is 20.6. The van der Waals surface area contributed by atoms with Crippen molar-refractivity contribution in [1.29, 1.82) is 0 Å². The van der Waals surface area contributed by atoms with E-state index in [0.717, 1.165) is 22.3 Å². The Morgan fingerprint density at radius 3 is 1.27 bits per heavy atom. The fourth-order valence-corrected chi connectivity index (χ4v) is 3.54. The molecule has 26 heavy (non-hydrogen) atoms. The molecule has 0 fully saturated rings. The standard InChI is InChI=1S/C19H22O5S2/c20-19(11-9-15-1-5-17(6-2-15)13-25(21)22)12-10-16-3-7-18(8-4-16)14-26(23)24/h1-8H,9-14H2,(H,21,22)(H,23,24). The minimum absolute atomic E-state index is 0.117. The van der Waals surface area contributed by atoms with Gasteiger partial charge in [-0.15, -0.1) is 0 Å². The van der Waals surface area contributed by atoms with Crippen molar-refractivity contribution in [2.24, 2.45) is 0 Å². The van der Waals surface area contributed by atoms with Gasteiger partial charge < -0.3 is 9.11 Å². The van der Waals surface area contributed by atoms with Crippen LogP contribution in [-0.2, 0) is 51.3 Å². The van der Waals surface area contributed by atoms with Crippen LogP contribution in [0.15, 0.2) is 48.5 Å². The minimum atomic E-state index is -1.84. The summed E-state index contributed by atoms with van der Waals surface area (Å²) in [7, 11) is 0. The Labute approximate surface area is 158 Å². The van der Waals surface area contributed by atoms with E-state index in [1.54, 1.807) is 0 Å². The van der Waals surface area contributed by atoms with Crippen molar-refractivity contribution < 1.29 is 22.3 Å². The number of carbonyl (C=O) groups excluding carboxylic acids is 1. The molecule has 0 amide bonds. The van der Waals surface area contributed by atoms with E-state index in [-0.39, 0.29) is 17.3 Å². The Balaban J connectivity index is 1.74. The van der Waals surface area contributed by atoms with E-state index in [1.807, 2.05) is 48.5 Å². The normalized spacial score (nSPS) is 13.3. The highest BCUT2D eigenvalue weighted by Gasteiger charge is 2.05. The van der Waals surface area contributed by atoms with Crippen molar-refractivity contribution in [3.8, 4) is 0 Å². The van der Waals surface area contributed by atoms with Crippen LogP contribution in [0.1, 0.15) is 35.1 Å². The summed E-state index contributed by atoms with van der Waals surface area (Å²) in [6.07, 6.45) is 2.24. The highest BCUT2D eigenvalue weighted by Crippen LogP contribution is 2.12. The maximum absolute atomic E-state index is 12.1. The monoisotopic (exact) mass is 394 g/mol. The number of rotatable bonds is 10. The number of ketones is 1. The Bertz CT molecular complexity index is 704. The average molecular weight is 395 g/mol. The number of aryl methyl sites for hydroxylation is 2. The van der Waals surface area contributed by atoms with Crippen LogP contribution < -0.4 is 0 Å². The molecular weight excluding hydrogens is 372 g/mol. The number of hydrogen-bond donors (Lipinski definition) is 2. The van der Waals surface area contributed by atoms with Crippen LogP contribution in [0, 0.1) is 0 Å². The highest BCUT2D eigenvalue weighted by atomic mass is 32.2. The molecule has 0 spiro atoms. The molecule has 0 aliphatic rings. The van der Waals surface area contributed by atoms with Crippen molar-refractivity contribution >= 4 is 27.9 Å². The second kappa shape index (κ2) is 10.5. The van der Waals surface area contributed by atoms with Crippen LogP contribution >= 0.6 is 0 Å². The first-order chi connectivity index (χ1) is 12.4. The van der Waals surface area contributed by atoms with E-state index in [1.165, 1.54) is 0 Å². The summed E-state index contributed by atoms with van der Waals surface area (Å²) in [6, 6.07) is 14.8. The van der Waals surface area contributed by atoms with Gasteiger partial charge in [0.05, 0.1) is 11.5 Å². The van der Waals surface area contributed by atoms with E-state index in [9.17, 15) is 13.2 Å². The van der Waals surface area contributed by atoms with Crippen LogP contribution in [0.4, 0.5) is 0 Å². The molecule has 2 rings (SSSR count). The molecule has 2 aromatic carbocycles. The zero-order chi connectivity index (χ0) is 18.9. The lowest BCUT2D eigenvalue weighted by Crippen LogP contribution is -2.03. The van der Waals surface area contributed by atoms with Crippen LogP contribution in [0.5, 0.6) is 0 Å². The van der Waals surface area contributed by atoms with Crippen molar-refractivity contribution in [3.63, 3.8) is 0 Å². The molecule has 0 aliphatic heterocycles. The average Bonchev–Trinajstić information content (AvgIpc) is 2.59. The molecule has 140 valence electrons. The van der Waals surface area contributed by atoms with Gasteiger partial charge in [-0.3, -0.25) is 4.79 Å². The van der Waals surface area contributed by atoms with Crippen molar-refractivity contribution in [3.05, 3.63) is 70.8 Å². The lowest BCUT2D eigenvalue weighted by molar-refractivity contribution is -0.119. The topological polar surface area (TPSA) is 91.7 Å². The lowest BCUT2D eigenvalue weighted by Gasteiger charge is -2.05. The molecule has 0 saturated carbocycles. The summed E-state index contributed by atoms with van der Waals surface area (Å²) in [5.41, 5.74) is 3.67. The fourth-order valence-electron chi connectivity index (χ4n) is 2.58. The quantitative estimate of drug-likeness (QED) is 0.604. The number of carbonyl (C=O) groups is 1. The Kier molecular flexibility index (Phi) is 8.31. The SMILES string of the molecule is O=C(CCc1ccc(CS(=O)O)cc1)CCc1ccc(CS(=O)O)cc1. The van der Waals surface area contributed by atoms with Gasteiger partial charge >= 0.3 is 0 Å². The van der Waals surface area contributed by atoms with E-state index >= 15 is 0 Å². The van der Waals surface area contributed by atoms with E-state index in [2.05, 4.69) is 0 Å². The molecule has 0 radical (unpaired) electrons. The van der Waals surface area contributed by atoms with Crippen molar-refractivity contribution in [2.45, 2.75) is 37.2 Å². The lowest BCUT2D eigenvalue weighted by atomic mass is 10.0. The highest BCUT2D eigenvalue weighted by molar-refractivity contribution is 7.78. The second-order valence-electron chi connectivity index (χ2n) is 6.10. The first-order valence-electron chi connectivity index (χ1n) is 8.24. The summed E-state index contributed by atoms with van der Waals surface area (Å²) in [6.45, 7) is 0. The molecule has 5 nitrogen and oxygen atoms in total. The maximum Gasteiger partial charge on any atom is 0.157 e. The van der Waals surface area contributed by atoms with Gasteiger partial charge in [0.2, 0.25) is 0 Å². The predicted octanol–water partition coefficient (Wildman–Crippen LogP) is 3.26. The van der Waals surface area contributed by atoms with E-state index < -0.39 is 22.2 Å². The summed E-state index contributed by atoms with van der Waals surface area (Å²) in [4.78, 5) is 12.1. The molecule has 0 heterocycles. The molecule has 0 bridgehead atoms. The number of benzene rings is 2. The molecule has 0 aliphatic carbocycles. The van der Waals surface area contributed by atoms with E-state index in [0.29, 0.717) is 25.7 Å². The van der Waals surface area contributed by atoms with Crippen molar-refractivity contribution in [2.75, 3.05) is 0 Å². The minimum Gasteiger partial charge on any atom is -0.306 e. The molecule has 2 aromatic rings. The zero-order valence-electron chi connectivity index (χ0n) is 14.3. The zero-order valence-corrected chi connectivity index (χ0v) is 15.9. The summed E-state index contributed by atoms with van der Waals surface area (Å²) < 4.78 is 39.3. The maximum atomic E-state index is 12.1. The Hall–Kier alpha value is -1.67. The Morgan fingerprint density at radius 2 is 0.962 bits per heavy atom. The van der Waals surface area contributed by atoms with Gasteiger partial charge in [0.1, 0.15) is 5.78 Å². The van der Waals surface area contributed by atoms with Crippen molar-refractivity contribution in [1.82, 2.24) is 0 Å². The van der Waals surface area contributed by atoms with Gasteiger partial charge in [0.15, 0.2) is 22.2 Å². The van der Waals surface area contributed by atoms with Gasteiger partial charge in [-0.05, 0) is 35.1 Å². The Morgan fingerprint density at radius 1 is 0.654 bits per heavy atom. The van der Waals surface area contributed by atoms with E-state index in [4.69, 9.17) is 9.11 Å². The van der Waals surface area contributed by atoms with Gasteiger partial charge in [-0.25, -0.2) is 8.42 Å². The smallest absolute Gasteiger partial charge is 0.157 e. The van der Waals surface area contributed by atoms with Crippen LogP contribution in [0.3, 0.4) is 0 Å². The third kappa shape index (κ3) is 7.70. The van der Waals surface area contributed by atoms with Crippen LogP contribution in [0.2, 0.25) is 0 Å². The molecule has 7 heteroatoms. The summed E-state index contributed by atoms with van der Waals surface area (Å²) in [5, 5.41) is 0. The van der Waals surface area contributed by atoms with Gasteiger partial charge in [-0.1, -0.05) is 48.5 Å². The van der Waals surface area contributed by atoms with Gasteiger partial charge in [0.25, 0.3) is 0 Å². The second-order valence-corrected chi connectivity index (χ2v) is 7.97. The third-order valence-electron chi connectivity index (χ3n) is 4.01. The molecule has 2 unspecified atom stereocenters. The molecule has 0 aromatic heterocycles. The third-order valence-corrected chi connectivity index (χ3v) is 5.17. The molecule has 0 saturated heterocycles. The predicted molar refractivity (Wildman–Crippen MR) is 103 cm³/mol. The summed E-state index contributed by atoms with van der Waals surface area (Å²) >= 11 is -3.68. The molecular formula is C19H22O5S2. The summed E-state index contributed by atoms with van der Waals surface area (Å²) in [5.74, 6) is 0.421. The van der Waals surface area contributed by atoms with Crippen LogP contribution in [-0.4, -0.2) is 23.3 Å². The fraction of sp³-hybridized carbons (Fsp3) is 0.316.